The van der Waals surface area contributed by atoms with E-state index in [1.165, 1.54) is 6.07 Å². The van der Waals surface area contributed by atoms with Crippen LogP contribution < -0.4 is 10.6 Å². The van der Waals surface area contributed by atoms with Gasteiger partial charge in [-0.1, -0.05) is 13.0 Å². The molecule has 1 aromatic carbocycles. The van der Waals surface area contributed by atoms with Crippen LogP contribution in [0.25, 0.3) is 0 Å². The molecular formula is C14H19F3N2OS. The molecule has 1 amide bonds. The molecule has 0 fully saturated rings. The number of carbonyl (C=O) groups is 1. The summed E-state index contributed by atoms with van der Waals surface area (Å²) in [6.45, 7) is 4.15. The largest absolute Gasteiger partial charge is 0.416 e. The normalized spacial score (nSPS) is 11.4. The lowest BCUT2D eigenvalue weighted by Gasteiger charge is -2.09. The molecular weight excluding hydrogens is 301 g/mol. The molecule has 0 saturated heterocycles. The molecule has 3 nitrogen and oxygen atoms in total. The first-order chi connectivity index (χ1) is 9.93. The van der Waals surface area contributed by atoms with Gasteiger partial charge in [0, 0.05) is 18.0 Å². The Kier molecular flexibility index (Phi) is 7.60. The van der Waals surface area contributed by atoms with Crippen LogP contribution in [0, 0.1) is 0 Å². The minimum atomic E-state index is -4.36. The summed E-state index contributed by atoms with van der Waals surface area (Å²) in [6, 6.07) is 4.98. The predicted octanol–water partition coefficient (Wildman–Crippen LogP) is 2.91. The van der Waals surface area contributed by atoms with Crippen LogP contribution >= 0.6 is 11.8 Å². The van der Waals surface area contributed by atoms with Gasteiger partial charge in [-0.2, -0.15) is 13.2 Å². The smallest absolute Gasteiger partial charge is 0.354 e. The fourth-order valence-corrected chi connectivity index (χ4v) is 2.34. The number of carbonyl (C=O) groups excluding carboxylic acids is 1. The molecule has 21 heavy (non-hydrogen) atoms. The maximum atomic E-state index is 12.5. The van der Waals surface area contributed by atoms with Crippen LogP contribution in [0.15, 0.2) is 29.2 Å². The lowest BCUT2D eigenvalue weighted by Crippen LogP contribution is -2.33. The minimum Gasteiger partial charge on any atom is -0.354 e. The van der Waals surface area contributed by atoms with Crippen LogP contribution in [-0.4, -0.2) is 31.3 Å². The van der Waals surface area contributed by atoms with Crippen molar-refractivity contribution in [3.8, 4) is 0 Å². The molecule has 0 saturated carbocycles. The third kappa shape index (κ3) is 7.38. The lowest BCUT2D eigenvalue weighted by atomic mass is 10.2. The van der Waals surface area contributed by atoms with Gasteiger partial charge in [-0.3, -0.25) is 4.79 Å². The fourth-order valence-electron chi connectivity index (χ4n) is 1.55. The van der Waals surface area contributed by atoms with E-state index in [-0.39, 0.29) is 11.7 Å². The number of hydrogen-bond acceptors (Lipinski definition) is 3. The van der Waals surface area contributed by atoms with Crippen molar-refractivity contribution in [3.63, 3.8) is 0 Å². The quantitative estimate of drug-likeness (QED) is 0.572. The van der Waals surface area contributed by atoms with Gasteiger partial charge in [-0.15, -0.1) is 11.8 Å². The molecule has 0 spiro atoms. The van der Waals surface area contributed by atoms with Crippen molar-refractivity contribution in [1.29, 1.82) is 0 Å². The molecule has 0 heterocycles. The Bertz CT molecular complexity index is 452. The zero-order valence-corrected chi connectivity index (χ0v) is 12.6. The van der Waals surface area contributed by atoms with E-state index in [1.54, 1.807) is 6.07 Å². The summed E-state index contributed by atoms with van der Waals surface area (Å²) in [4.78, 5) is 12.0. The van der Waals surface area contributed by atoms with Gasteiger partial charge in [0.1, 0.15) is 0 Å². The van der Waals surface area contributed by atoms with Crippen LogP contribution in [0.1, 0.15) is 18.9 Å². The average Bonchev–Trinajstić information content (AvgIpc) is 2.44. The first-order valence-corrected chi connectivity index (χ1v) is 7.69. The number of alkyl halides is 3. The number of benzene rings is 1. The van der Waals surface area contributed by atoms with Gasteiger partial charge < -0.3 is 10.6 Å². The lowest BCUT2D eigenvalue weighted by molar-refractivity contribution is -0.137. The molecule has 118 valence electrons. The van der Waals surface area contributed by atoms with Crippen LogP contribution in [0.2, 0.25) is 0 Å². The number of hydrogen-bond donors (Lipinski definition) is 2. The second kappa shape index (κ2) is 8.94. The fraction of sp³-hybridized carbons (Fsp3) is 0.500. The van der Waals surface area contributed by atoms with Crippen molar-refractivity contribution < 1.29 is 18.0 Å². The summed E-state index contributed by atoms with van der Waals surface area (Å²) in [5.41, 5.74) is -0.698. The number of rotatable bonds is 8. The molecule has 1 rings (SSSR count). The molecule has 7 heteroatoms. The van der Waals surface area contributed by atoms with E-state index in [9.17, 15) is 18.0 Å². The summed E-state index contributed by atoms with van der Waals surface area (Å²) < 4.78 is 37.6. The molecule has 0 aliphatic heterocycles. The highest BCUT2D eigenvalue weighted by atomic mass is 32.2. The SMILES string of the molecule is CCCNCCNC(=O)CSc1cccc(C(F)(F)F)c1. The molecule has 1 aromatic rings. The predicted molar refractivity (Wildman–Crippen MR) is 78.3 cm³/mol. The standard InChI is InChI=1S/C14H19F3N2OS/c1-2-6-18-7-8-19-13(20)10-21-12-5-3-4-11(9-12)14(15,16)17/h3-5,9,18H,2,6-8,10H2,1H3,(H,19,20). The van der Waals surface area contributed by atoms with Crippen molar-refractivity contribution in [2.45, 2.75) is 24.4 Å². The Hall–Kier alpha value is -1.21. The summed E-state index contributed by atoms with van der Waals surface area (Å²) in [5, 5.41) is 5.85. The summed E-state index contributed by atoms with van der Waals surface area (Å²) in [6.07, 6.45) is -3.33. The molecule has 0 aromatic heterocycles. The van der Waals surface area contributed by atoms with Crippen molar-refractivity contribution in [2.24, 2.45) is 0 Å². The van der Waals surface area contributed by atoms with Gasteiger partial charge in [0.25, 0.3) is 0 Å². The monoisotopic (exact) mass is 320 g/mol. The van der Waals surface area contributed by atoms with E-state index in [2.05, 4.69) is 17.6 Å². The summed E-state index contributed by atoms with van der Waals surface area (Å²) in [7, 11) is 0. The van der Waals surface area contributed by atoms with E-state index in [1.807, 2.05) is 0 Å². The number of nitrogens with one attached hydrogen (secondary N) is 2. The third-order valence-electron chi connectivity index (χ3n) is 2.58. The third-order valence-corrected chi connectivity index (χ3v) is 3.58. The Labute approximate surface area is 126 Å². The van der Waals surface area contributed by atoms with Gasteiger partial charge in [0.2, 0.25) is 5.91 Å². The zero-order chi connectivity index (χ0) is 15.7. The number of amides is 1. The topological polar surface area (TPSA) is 41.1 Å². The van der Waals surface area contributed by atoms with Crippen molar-refractivity contribution in [3.05, 3.63) is 29.8 Å². The molecule has 0 bridgehead atoms. The first kappa shape index (κ1) is 17.8. The van der Waals surface area contributed by atoms with Crippen LogP contribution in [0.5, 0.6) is 0 Å². The van der Waals surface area contributed by atoms with Crippen LogP contribution in [0.3, 0.4) is 0 Å². The second-order valence-corrected chi connectivity index (χ2v) is 5.46. The van der Waals surface area contributed by atoms with Gasteiger partial charge in [-0.05, 0) is 31.2 Å². The van der Waals surface area contributed by atoms with Crippen molar-refractivity contribution in [1.82, 2.24) is 10.6 Å². The molecule has 2 N–H and O–H groups in total. The second-order valence-electron chi connectivity index (χ2n) is 4.41. The van der Waals surface area contributed by atoms with E-state index < -0.39 is 11.7 Å². The number of halogens is 3. The van der Waals surface area contributed by atoms with E-state index in [4.69, 9.17) is 0 Å². The molecule has 0 aliphatic rings. The van der Waals surface area contributed by atoms with Crippen LogP contribution in [-0.2, 0) is 11.0 Å². The maximum absolute atomic E-state index is 12.5. The molecule has 0 unspecified atom stereocenters. The molecule has 0 atom stereocenters. The average molecular weight is 320 g/mol. The van der Waals surface area contributed by atoms with Gasteiger partial charge in [-0.25, -0.2) is 0 Å². The molecule has 0 aliphatic carbocycles. The first-order valence-electron chi connectivity index (χ1n) is 6.71. The van der Waals surface area contributed by atoms with E-state index in [0.29, 0.717) is 18.0 Å². The van der Waals surface area contributed by atoms with Gasteiger partial charge in [0.15, 0.2) is 0 Å². The maximum Gasteiger partial charge on any atom is 0.416 e. The Morgan fingerprint density at radius 3 is 2.67 bits per heavy atom. The van der Waals surface area contributed by atoms with Crippen LogP contribution in [0.4, 0.5) is 13.2 Å². The van der Waals surface area contributed by atoms with E-state index in [0.717, 1.165) is 36.9 Å². The Morgan fingerprint density at radius 1 is 1.24 bits per heavy atom. The number of thioether (sulfide) groups is 1. The van der Waals surface area contributed by atoms with Gasteiger partial charge >= 0.3 is 6.18 Å². The highest BCUT2D eigenvalue weighted by molar-refractivity contribution is 8.00. The highest BCUT2D eigenvalue weighted by Gasteiger charge is 2.30. The minimum absolute atomic E-state index is 0.106. The summed E-state index contributed by atoms with van der Waals surface area (Å²) in [5.74, 6) is -0.0783. The highest BCUT2D eigenvalue weighted by Crippen LogP contribution is 2.31. The van der Waals surface area contributed by atoms with Crippen molar-refractivity contribution >= 4 is 17.7 Å². The van der Waals surface area contributed by atoms with Crippen molar-refractivity contribution in [2.75, 3.05) is 25.4 Å². The Balaban J connectivity index is 2.33. The van der Waals surface area contributed by atoms with Gasteiger partial charge in [0.05, 0.1) is 11.3 Å². The van der Waals surface area contributed by atoms with E-state index >= 15 is 0 Å². The zero-order valence-electron chi connectivity index (χ0n) is 11.8. The molecule has 0 radical (unpaired) electrons. The Morgan fingerprint density at radius 2 is 2.00 bits per heavy atom. The summed E-state index contributed by atoms with van der Waals surface area (Å²) >= 11 is 1.09.